The van der Waals surface area contributed by atoms with Gasteiger partial charge in [0.25, 0.3) is 0 Å². The molecule has 0 fully saturated rings. The van der Waals surface area contributed by atoms with Crippen LogP contribution in [0, 0.1) is 0 Å². The van der Waals surface area contributed by atoms with Crippen LogP contribution in [0.25, 0.3) is 17.1 Å². The number of hydrogen-bond acceptors (Lipinski definition) is 3. The van der Waals surface area contributed by atoms with E-state index < -0.39 is 9.84 Å². The van der Waals surface area contributed by atoms with Gasteiger partial charge < -0.3 is 0 Å². The van der Waals surface area contributed by atoms with Crippen LogP contribution in [-0.2, 0) is 22.7 Å². The van der Waals surface area contributed by atoms with E-state index in [2.05, 4.69) is 12.1 Å². The molecule has 0 saturated heterocycles. The predicted molar refractivity (Wildman–Crippen MR) is 121 cm³/mol. The standard InChI is InChI=1S/C24H21ClN2O2S/c1-30(28,29)23-15-13-22(14-16-23)27-17-21(12-7-18-5-3-2-4-6-18)26-24(27)19-8-10-20(25)11-9-19/h2-6,8-11,13-17H,7,12H2,1H3. The lowest BCUT2D eigenvalue weighted by molar-refractivity contribution is 0.602. The molecular weight excluding hydrogens is 416 g/mol. The Bertz CT molecular complexity index is 1250. The van der Waals surface area contributed by atoms with E-state index in [0.717, 1.165) is 35.6 Å². The molecule has 6 heteroatoms. The van der Waals surface area contributed by atoms with Gasteiger partial charge in [0, 0.05) is 28.7 Å². The number of hydrogen-bond donors (Lipinski definition) is 0. The highest BCUT2D eigenvalue weighted by Crippen LogP contribution is 2.26. The Balaban J connectivity index is 1.71. The van der Waals surface area contributed by atoms with Gasteiger partial charge in [0.1, 0.15) is 5.82 Å². The van der Waals surface area contributed by atoms with Crippen LogP contribution < -0.4 is 0 Å². The Kier molecular flexibility index (Phi) is 5.75. The van der Waals surface area contributed by atoms with E-state index in [4.69, 9.17) is 16.6 Å². The number of imidazole rings is 1. The van der Waals surface area contributed by atoms with Crippen molar-refractivity contribution in [1.82, 2.24) is 9.55 Å². The first-order chi connectivity index (χ1) is 14.4. The average Bonchev–Trinajstić information content (AvgIpc) is 3.17. The van der Waals surface area contributed by atoms with Crippen molar-refractivity contribution in [2.75, 3.05) is 6.26 Å². The van der Waals surface area contributed by atoms with Crippen LogP contribution in [0.5, 0.6) is 0 Å². The van der Waals surface area contributed by atoms with Crippen LogP contribution >= 0.6 is 11.6 Å². The number of aromatic nitrogens is 2. The van der Waals surface area contributed by atoms with Crippen molar-refractivity contribution in [1.29, 1.82) is 0 Å². The van der Waals surface area contributed by atoms with Gasteiger partial charge in [-0.1, -0.05) is 41.9 Å². The molecule has 152 valence electrons. The maximum absolute atomic E-state index is 11.8. The van der Waals surface area contributed by atoms with Gasteiger partial charge in [-0.05, 0) is 66.9 Å². The number of nitrogens with zero attached hydrogens (tertiary/aromatic N) is 2. The number of benzene rings is 3. The van der Waals surface area contributed by atoms with E-state index in [1.807, 2.05) is 53.2 Å². The zero-order valence-electron chi connectivity index (χ0n) is 16.5. The van der Waals surface area contributed by atoms with E-state index in [-0.39, 0.29) is 0 Å². The fourth-order valence-electron chi connectivity index (χ4n) is 3.32. The SMILES string of the molecule is CS(=O)(=O)c1ccc(-n2cc(CCc3ccccc3)nc2-c2ccc(Cl)cc2)cc1. The molecule has 0 aliphatic rings. The Morgan fingerprint density at radius 1 is 0.867 bits per heavy atom. The van der Waals surface area contributed by atoms with Crippen LogP contribution in [0.4, 0.5) is 0 Å². The molecule has 1 heterocycles. The number of sulfone groups is 1. The summed E-state index contributed by atoms with van der Waals surface area (Å²) in [5.41, 5.74) is 4.02. The Labute approximate surface area is 181 Å². The quantitative estimate of drug-likeness (QED) is 0.407. The second-order valence-electron chi connectivity index (χ2n) is 7.18. The first-order valence-corrected chi connectivity index (χ1v) is 11.9. The summed E-state index contributed by atoms with van der Waals surface area (Å²) in [6.45, 7) is 0. The largest absolute Gasteiger partial charge is 0.300 e. The van der Waals surface area contributed by atoms with Crippen LogP contribution in [-0.4, -0.2) is 24.2 Å². The molecule has 0 aliphatic heterocycles. The van der Waals surface area contributed by atoms with Crippen molar-refractivity contribution in [3.8, 4) is 17.1 Å². The zero-order chi connectivity index (χ0) is 21.1. The molecule has 30 heavy (non-hydrogen) atoms. The molecule has 0 spiro atoms. The van der Waals surface area contributed by atoms with Gasteiger partial charge in [0.15, 0.2) is 9.84 Å². The molecule has 0 atom stereocenters. The first-order valence-electron chi connectivity index (χ1n) is 9.59. The molecular formula is C24H21ClN2O2S. The summed E-state index contributed by atoms with van der Waals surface area (Å²) in [6.07, 6.45) is 4.92. The molecule has 0 saturated carbocycles. The minimum atomic E-state index is -3.24. The summed E-state index contributed by atoms with van der Waals surface area (Å²) < 4.78 is 25.6. The molecule has 0 bridgehead atoms. The fourth-order valence-corrected chi connectivity index (χ4v) is 4.08. The lowest BCUT2D eigenvalue weighted by Gasteiger charge is -2.09. The lowest BCUT2D eigenvalue weighted by atomic mass is 10.1. The van der Waals surface area contributed by atoms with Crippen LogP contribution in [0.2, 0.25) is 5.02 Å². The molecule has 0 aliphatic carbocycles. The summed E-state index contributed by atoms with van der Waals surface area (Å²) in [4.78, 5) is 5.17. The van der Waals surface area contributed by atoms with Crippen molar-refractivity contribution >= 4 is 21.4 Å². The molecule has 3 aromatic carbocycles. The third kappa shape index (κ3) is 4.64. The number of halogens is 1. The fraction of sp³-hybridized carbons (Fsp3) is 0.125. The zero-order valence-corrected chi connectivity index (χ0v) is 18.1. The highest BCUT2D eigenvalue weighted by Gasteiger charge is 2.14. The third-order valence-corrected chi connectivity index (χ3v) is 6.29. The maximum Gasteiger partial charge on any atom is 0.175 e. The van der Waals surface area contributed by atoms with Gasteiger partial charge in [-0.25, -0.2) is 13.4 Å². The highest BCUT2D eigenvalue weighted by molar-refractivity contribution is 7.90. The Hall–Kier alpha value is -2.89. The molecule has 1 aromatic heterocycles. The van der Waals surface area contributed by atoms with Crippen molar-refractivity contribution in [3.63, 3.8) is 0 Å². The maximum atomic E-state index is 11.8. The third-order valence-electron chi connectivity index (χ3n) is 4.91. The van der Waals surface area contributed by atoms with Crippen LogP contribution in [0.3, 0.4) is 0 Å². The van der Waals surface area contributed by atoms with Crippen molar-refractivity contribution < 1.29 is 8.42 Å². The Morgan fingerprint density at radius 2 is 1.53 bits per heavy atom. The minimum Gasteiger partial charge on any atom is -0.300 e. The monoisotopic (exact) mass is 436 g/mol. The topological polar surface area (TPSA) is 52.0 Å². The van der Waals surface area contributed by atoms with Gasteiger partial charge in [0.2, 0.25) is 0 Å². The molecule has 0 unspecified atom stereocenters. The summed E-state index contributed by atoms with van der Waals surface area (Å²) in [5.74, 6) is 0.793. The van der Waals surface area contributed by atoms with Crippen LogP contribution in [0.1, 0.15) is 11.3 Å². The van der Waals surface area contributed by atoms with Crippen molar-refractivity contribution in [2.24, 2.45) is 0 Å². The van der Waals surface area contributed by atoms with Crippen LogP contribution in [0.15, 0.2) is 90.0 Å². The molecule has 0 amide bonds. The number of aryl methyl sites for hydroxylation is 2. The van der Waals surface area contributed by atoms with Crippen molar-refractivity contribution in [2.45, 2.75) is 17.7 Å². The van der Waals surface area contributed by atoms with E-state index in [1.165, 1.54) is 11.8 Å². The van der Waals surface area contributed by atoms with Crippen molar-refractivity contribution in [3.05, 3.63) is 101 Å². The highest BCUT2D eigenvalue weighted by atomic mass is 35.5. The number of rotatable bonds is 6. The Morgan fingerprint density at radius 3 is 2.17 bits per heavy atom. The predicted octanol–water partition coefficient (Wildman–Crippen LogP) is 5.38. The van der Waals surface area contributed by atoms with Gasteiger partial charge in [-0.2, -0.15) is 0 Å². The first kappa shape index (κ1) is 20.4. The van der Waals surface area contributed by atoms with Gasteiger partial charge in [0.05, 0.1) is 10.6 Å². The van der Waals surface area contributed by atoms with E-state index in [1.54, 1.807) is 24.3 Å². The second-order valence-corrected chi connectivity index (χ2v) is 9.64. The summed E-state index contributed by atoms with van der Waals surface area (Å²) in [6, 6.07) is 24.7. The summed E-state index contributed by atoms with van der Waals surface area (Å²) >= 11 is 6.05. The molecule has 0 radical (unpaired) electrons. The molecule has 0 N–H and O–H groups in total. The molecule has 4 aromatic rings. The normalized spacial score (nSPS) is 11.5. The summed E-state index contributed by atoms with van der Waals surface area (Å²) in [7, 11) is -3.24. The van der Waals surface area contributed by atoms with E-state index in [0.29, 0.717) is 9.92 Å². The second kappa shape index (κ2) is 8.46. The minimum absolute atomic E-state index is 0.295. The average molecular weight is 437 g/mol. The van der Waals surface area contributed by atoms with Gasteiger partial charge in [-0.3, -0.25) is 4.57 Å². The van der Waals surface area contributed by atoms with Gasteiger partial charge in [-0.15, -0.1) is 0 Å². The molecule has 4 rings (SSSR count). The molecule has 4 nitrogen and oxygen atoms in total. The lowest BCUT2D eigenvalue weighted by Crippen LogP contribution is -1.99. The summed E-state index contributed by atoms with van der Waals surface area (Å²) in [5, 5.41) is 0.665. The smallest absolute Gasteiger partial charge is 0.175 e. The van der Waals surface area contributed by atoms with E-state index >= 15 is 0 Å². The van der Waals surface area contributed by atoms with E-state index in [9.17, 15) is 8.42 Å². The van der Waals surface area contributed by atoms with Gasteiger partial charge >= 0.3 is 0 Å².